The molecule has 0 spiro atoms. The van der Waals surface area contributed by atoms with E-state index in [9.17, 15) is 0 Å². The molecule has 0 radical (unpaired) electrons. The Morgan fingerprint density at radius 3 is 1.57 bits per heavy atom. The summed E-state index contributed by atoms with van der Waals surface area (Å²) in [6.45, 7) is 0. The van der Waals surface area contributed by atoms with Gasteiger partial charge in [-0.25, -0.2) is 14.3 Å². The molecule has 0 aliphatic carbocycles. The summed E-state index contributed by atoms with van der Waals surface area (Å²) in [6, 6.07) is 0. The SMILES string of the molecule is CNN(C)PP(N(C)NC)N(C)NC. The van der Waals surface area contributed by atoms with Crippen molar-refractivity contribution in [2.75, 3.05) is 42.3 Å². The number of rotatable bonds is 7. The maximum atomic E-state index is 3.14. The lowest BCUT2D eigenvalue weighted by molar-refractivity contribution is 0.375. The summed E-state index contributed by atoms with van der Waals surface area (Å²) < 4.78 is 6.34. The van der Waals surface area contributed by atoms with Gasteiger partial charge >= 0.3 is 0 Å². The van der Waals surface area contributed by atoms with Gasteiger partial charge in [-0.2, -0.15) is 0 Å². The van der Waals surface area contributed by atoms with Gasteiger partial charge in [0.05, 0.1) is 0 Å². The summed E-state index contributed by atoms with van der Waals surface area (Å²) in [5.41, 5.74) is 9.39. The standard InChI is InChI=1S/C6H22N6P2/c1-7-10(4)13-14(11(5)8-2)12(6)9-3/h7-9,13H,1-6H3. The minimum absolute atomic E-state index is 0.393. The number of hydrogen-bond donors (Lipinski definition) is 3. The van der Waals surface area contributed by atoms with Gasteiger partial charge in [-0.05, 0) is 21.1 Å². The Bertz CT molecular complexity index is 138. The summed E-state index contributed by atoms with van der Waals surface area (Å²) >= 11 is 0. The molecule has 0 saturated carbocycles. The van der Waals surface area contributed by atoms with Crippen LogP contribution in [0.2, 0.25) is 0 Å². The van der Waals surface area contributed by atoms with Crippen LogP contribution >= 0.6 is 16.3 Å². The van der Waals surface area contributed by atoms with Gasteiger partial charge in [-0.1, -0.05) is 0 Å². The van der Waals surface area contributed by atoms with E-state index in [4.69, 9.17) is 0 Å². The Hall–Kier alpha value is 0.620. The Balaban J connectivity index is 4.23. The molecule has 1 unspecified atom stereocenters. The van der Waals surface area contributed by atoms with Crippen LogP contribution in [0.4, 0.5) is 0 Å². The average molecular weight is 240 g/mol. The van der Waals surface area contributed by atoms with Crippen molar-refractivity contribution in [3.63, 3.8) is 0 Å². The second kappa shape index (κ2) is 7.85. The smallest absolute Gasteiger partial charge is 0.106 e. The van der Waals surface area contributed by atoms with Crippen LogP contribution in [-0.4, -0.2) is 56.6 Å². The summed E-state index contributed by atoms with van der Waals surface area (Å²) in [6.07, 6.45) is 0. The molecule has 3 N–H and O–H groups in total. The third-order valence-corrected chi connectivity index (χ3v) is 7.27. The van der Waals surface area contributed by atoms with Crippen LogP contribution in [0.3, 0.4) is 0 Å². The molecule has 0 amide bonds. The Morgan fingerprint density at radius 2 is 1.29 bits per heavy atom. The quantitative estimate of drug-likeness (QED) is 0.430. The Labute approximate surface area is 89.9 Å². The molecule has 0 saturated heterocycles. The highest BCUT2D eigenvalue weighted by atomic mass is 32.1. The molecule has 0 aromatic rings. The number of nitrogens with zero attached hydrogens (tertiary/aromatic N) is 3. The molecule has 1 atom stereocenters. The maximum Gasteiger partial charge on any atom is 0.106 e. The van der Waals surface area contributed by atoms with Crippen LogP contribution in [-0.2, 0) is 0 Å². The Kier molecular flexibility index (Phi) is 8.20. The molecular weight excluding hydrogens is 218 g/mol. The summed E-state index contributed by atoms with van der Waals surface area (Å²) in [5.74, 6) is 0. The van der Waals surface area contributed by atoms with Crippen molar-refractivity contribution >= 4 is 16.3 Å². The minimum Gasteiger partial charge on any atom is -0.255 e. The fourth-order valence-corrected chi connectivity index (χ4v) is 4.64. The van der Waals surface area contributed by atoms with Crippen molar-refractivity contribution in [2.24, 2.45) is 0 Å². The topological polar surface area (TPSA) is 45.8 Å². The summed E-state index contributed by atoms with van der Waals surface area (Å²) in [5, 5.41) is 0. The molecule has 86 valence electrons. The second-order valence-corrected chi connectivity index (χ2v) is 7.12. The maximum absolute atomic E-state index is 3.14. The fourth-order valence-electron chi connectivity index (χ4n) is 0.709. The van der Waals surface area contributed by atoms with Crippen molar-refractivity contribution in [1.29, 1.82) is 0 Å². The lowest BCUT2D eigenvalue weighted by Gasteiger charge is -2.35. The van der Waals surface area contributed by atoms with Crippen molar-refractivity contribution < 1.29 is 0 Å². The van der Waals surface area contributed by atoms with Crippen LogP contribution in [0, 0.1) is 0 Å². The predicted molar refractivity (Wildman–Crippen MR) is 65.7 cm³/mol. The lowest BCUT2D eigenvalue weighted by Crippen LogP contribution is -2.36. The van der Waals surface area contributed by atoms with E-state index in [1.54, 1.807) is 0 Å². The van der Waals surface area contributed by atoms with Gasteiger partial charge < -0.3 is 0 Å². The zero-order valence-corrected chi connectivity index (χ0v) is 11.7. The highest BCUT2D eigenvalue weighted by Gasteiger charge is 2.19. The Morgan fingerprint density at radius 1 is 0.857 bits per heavy atom. The van der Waals surface area contributed by atoms with E-state index in [0.717, 1.165) is 0 Å². The van der Waals surface area contributed by atoms with E-state index in [-0.39, 0.29) is 0 Å². The van der Waals surface area contributed by atoms with Crippen LogP contribution in [0.1, 0.15) is 0 Å². The third-order valence-electron chi connectivity index (χ3n) is 1.79. The van der Waals surface area contributed by atoms with Crippen LogP contribution in [0.15, 0.2) is 0 Å². The predicted octanol–water partition coefficient (Wildman–Crippen LogP) is 0.00540. The molecule has 0 bridgehead atoms. The van der Waals surface area contributed by atoms with E-state index in [1.165, 1.54) is 0 Å². The summed E-state index contributed by atoms with van der Waals surface area (Å²) in [4.78, 5) is 0. The highest BCUT2D eigenvalue weighted by Crippen LogP contribution is 2.58. The van der Waals surface area contributed by atoms with E-state index >= 15 is 0 Å². The lowest BCUT2D eigenvalue weighted by atomic mass is 11.4. The number of hydrazine groups is 3. The van der Waals surface area contributed by atoms with E-state index in [2.05, 4.69) is 44.7 Å². The minimum atomic E-state index is -0.393. The molecule has 0 heterocycles. The van der Waals surface area contributed by atoms with Crippen molar-refractivity contribution in [2.45, 2.75) is 0 Å². The molecule has 0 aromatic carbocycles. The van der Waals surface area contributed by atoms with Gasteiger partial charge in [0.25, 0.3) is 0 Å². The van der Waals surface area contributed by atoms with E-state index in [1.807, 2.05) is 28.2 Å². The monoisotopic (exact) mass is 240 g/mol. The van der Waals surface area contributed by atoms with E-state index < -0.39 is 7.91 Å². The first-order chi connectivity index (χ1) is 6.56. The molecular formula is C6H22N6P2. The molecule has 0 fully saturated rings. The first kappa shape index (κ1) is 14.6. The van der Waals surface area contributed by atoms with Crippen molar-refractivity contribution in [3.8, 4) is 0 Å². The van der Waals surface area contributed by atoms with Crippen molar-refractivity contribution in [3.05, 3.63) is 0 Å². The average Bonchev–Trinajstić information content (AvgIpc) is 2.23. The molecule has 0 aliphatic rings. The van der Waals surface area contributed by atoms with Crippen LogP contribution in [0.25, 0.3) is 0 Å². The first-order valence-corrected chi connectivity index (χ1v) is 7.40. The van der Waals surface area contributed by atoms with Gasteiger partial charge in [-0.15, -0.1) is 0 Å². The molecule has 0 aliphatic heterocycles. The van der Waals surface area contributed by atoms with Gasteiger partial charge in [0.15, 0.2) is 0 Å². The summed E-state index contributed by atoms with van der Waals surface area (Å²) in [7, 11) is 12.2. The van der Waals surface area contributed by atoms with Crippen molar-refractivity contribution in [1.82, 2.24) is 30.6 Å². The van der Waals surface area contributed by atoms with Gasteiger partial charge in [-0.3, -0.25) is 16.3 Å². The van der Waals surface area contributed by atoms with Gasteiger partial charge in [0.1, 0.15) is 7.91 Å². The van der Waals surface area contributed by atoms with Gasteiger partial charge in [0.2, 0.25) is 0 Å². The molecule has 14 heavy (non-hydrogen) atoms. The molecule has 8 heteroatoms. The second-order valence-electron chi connectivity index (χ2n) is 2.67. The van der Waals surface area contributed by atoms with Gasteiger partial charge in [0, 0.05) is 29.6 Å². The molecule has 0 aromatic heterocycles. The number of hydrogen-bond acceptors (Lipinski definition) is 6. The molecule has 6 nitrogen and oxygen atoms in total. The highest BCUT2D eigenvalue weighted by molar-refractivity contribution is 8.18. The number of nitrogens with one attached hydrogen (secondary N) is 3. The zero-order chi connectivity index (χ0) is 11.1. The largest absolute Gasteiger partial charge is 0.255 e. The normalized spacial score (nSPS) is 13.3. The zero-order valence-electron chi connectivity index (χ0n) is 9.79. The van der Waals surface area contributed by atoms with E-state index in [0.29, 0.717) is 8.42 Å². The third kappa shape index (κ3) is 4.91. The molecule has 0 rings (SSSR count). The van der Waals surface area contributed by atoms with Crippen LogP contribution in [0.5, 0.6) is 0 Å². The first-order valence-electron chi connectivity index (χ1n) is 4.36. The van der Waals surface area contributed by atoms with Crippen LogP contribution < -0.4 is 16.3 Å². The fraction of sp³-hybridized carbons (Fsp3) is 1.00.